The lowest BCUT2D eigenvalue weighted by molar-refractivity contribution is -0.385. The largest absolute Gasteiger partial charge is 0.488 e. The van der Waals surface area contributed by atoms with Crippen molar-refractivity contribution in [1.82, 2.24) is 5.43 Å². The maximum atomic E-state index is 11.9. The molecule has 9 nitrogen and oxygen atoms in total. The zero-order valence-electron chi connectivity index (χ0n) is 15.0. The second-order valence-corrected chi connectivity index (χ2v) is 5.92. The fourth-order valence-electron chi connectivity index (χ4n) is 2.29. The molecular weight excluding hydrogens is 390 g/mol. The third-order valence-electron chi connectivity index (χ3n) is 3.44. The van der Waals surface area contributed by atoms with E-state index in [1.54, 1.807) is 24.3 Å². The highest BCUT2D eigenvalue weighted by Crippen LogP contribution is 2.39. The summed E-state index contributed by atoms with van der Waals surface area (Å²) in [6.07, 6.45) is 1.17. The summed E-state index contributed by atoms with van der Waals surface area (Å²) in [5.41, 5.74) is 2.64. The summed E-state index contributed by atoms with van der Waals surface area (Å²) in [6.45, 7) is 1.16. The van der Waals surface area contributed by atoms with E-state index in [0.717, 1.165) is 18.7 Å². The van der Waals surface area contributed by atoms with Crippen molar-refractivity contribution in [3.05, 3.63) is 62.7 Å². The maximum Gasteiger partial charge on any atom is 0.323 e. The van der Waals surface area contributed by atoms with Gasteiger partial charge in [0.05, 0.1) is 30.2 Å². The molecule has 0 heterocycles. The van der Waals surface area contributed by atoms with Gasteiger partial charge in [-0.1, -0.05) is 23.7 Å². The third kappa shape index (κ3) is 5.52. The van der Waals surface area contributed by atoms with E-state index in [1.807, 2.05) is 0 Å². The molecule has 1 amide bonds. The second-order valence-electron chi connectivity index (χ2n) is 5.48. The van der Waals surface area contributed by atoms with Crippen LogP contribution < -0.4 is 14.9 Å². The SMILES string of the molecule is COc1c(OC(C)=O)ccc(/C=N\NC(=O)Cc2ccc(Cl)cc2)c1[N+](=O)[O-]. The molecule has 0 bridgehead atoms. The summed E-state index contributed by atoms with van der Waals surface area (Å²) in [4.78, 5) is 33.8. The van der Waals surface area contributed by atoms with Crippen LogP contribution in [0.5, 0.6) is 11.5 Å². The molecule has 0 aromatic heterocycles. The monoisotopic (exact) mass is 405 g/mol. The zero-order valence-corrected chi connectivity index (χ0v) is 15.7. The van der Waals surface area contributed by atoms with E-state index in [9.17, 15) is 19.7 Å². The van der Waals surface area contributed by atoms with Crippen molar-refractivity contribution in [3.8, 4) is 11.5 Å². The van der Waals surface area contributed by atoms with Crippen LogP contribution in [0.2, 0.25) is 5.02 Å². The van der Waals surface area contributed by atoms with Gasteiger partial charge < -0.3 is 9.47 Å². The molecule has 28 heavy (non-hydrogen) atoms. The van der Waals surface area contributed by atoms with E-state index in [1.165, 1.54) is 19.2 Å². The minimum atomic E-state index is -0.692. The quantitative estimate of drug-likeness (QED) is 0.248. The van der Waals surface area contributed by atoms with Crippen molar-refractivity contribution in [3.63, 3.8) is 0 Å². The predicted molar refractivity (Wildman–Crippen MR) is 102 cm³/mol. The van der Waals surface area contributed by atoms with E-state index >= 15 is 0 Å². The van der Waals surface area contributed by atoms with E-state index in [-0.39, 0.29) is 23.5 Å². The molecule has 2 aromatic rings. The van der Waals surface area contributed by atoms with Gasteiger partial charge in [0.1, 0.15) is 0 Å². The number of nitro benzene ring substituents is 1. The molecule has 0 spiro atoms. The Morgan fingerprint density at radius 1 is 1.25 bits per heavy atom. The summed E-state index contributed by atoms with van der Waals surface area (Å²) in [6, 6.07) is 9.39. The molecule has 0 unspecified atom stereocenters. The minimum Gasteiger partial charge on any atom is -0.488 e. The first-order chi connectivity index (χ1) is 13.3. The van der Waals surface area contributed by atoms with Gasteiger partial charge in [0.2, 0.25) is 11.7 Å². The molecule has 0 aliphatic rings. The summed E-state index contributed by atoms with van der Waals surface area (Å²) < 4.78 is 9.92. The van der Waals surface area contributed by atoms with Gasteiger partial charge in [-0.2, -0.15) is 5.10 Å². The molecule has 0 radical (unpaired) electrons. The number of methoxy groups -OCH3 is 1. The standard InChI is InChI=1S/C18H16ClN3O6/c1-11(23)28-15-8-5-13(17(22(25)26)18(15)27-2)10-20-21-16(24)9-12-3-6-14(19)7-4-12/h3-8,10H,9H2,1-2H3,(H,21,24)/b20-10-. The number of hydrogen-bond acceptors (Lipinski definition) is 7. The van der Waals surface area contributed by atoms with E-state index in [0.29, 0.717) is 5.02 Å². The third-order valence-corrected chi connectivity index (χ3v) is 3.69. The van der Waals surface area contributed by atoms with Crippen LogP contribution >= 0.6 is 11.6 Å². The van der Waals surface area contributed by atoms with Crippen LogP contribution in [0, 0.1) is 10.1 Å². The number of carbonyl (C=O) groups is 2. The molecule has 10 heteroatoms. The number of nitrogens with one attached hydrogen (secondary N) is 1. The highest BCUT2D eigenvalue weighted by molar-refractivity contribution is 6.30. The molecule has 0 aliphatic carbocycles. The average Bonchev–Trinajstić information content (AvgIpc) is 2.63. The maximum absolute atomic E-state index is 11.9. The Labute approximate surface area is 165 Å². The summed E-state index contributed by atoms with van der Waals surface area (Å²) >= 11 is 5.79. The molecule has 0 aliphatic heterocycles. The fourth-order valence-corrected chi connectivity index (χ4v) is 2.42. The first-order valence-corrected chi connectivity index (χ1v) is 8.29. The van der Waals surface area contributed by atoms with Gasteiger partial charge in [-0.15, -0.1) is 0 Å². The minimum absolute atomic E-state index is 0.0598. The van der Waals surface area contributed by atoms with Crippen molar-refractivity contribution in [2.45, 2.75) is 13.3 Å². The van der Waals surface area contributed by atoms with Crippen LogP contribution in [0.25, 0.3) is 0 Å². The van der Waals surface area contributed by atoms with Gasteiger partial charge in [0.15, 0.2) is 5.75 Å². The number of ether oxygens (including phenoxy) is 2. The first-order valence-electron chi connectivity index (χ1n) is 7.92. The number of rotatable bonds is 7. The van der Waals surface area contributed by atoms with Crippen LogP contribution in [0.3, 0.4) is 0 Å². The van der Waals surface area contributed by atoms with Gasteiger partial charge in [-0.3, -0.25) is 19.7 Å². The number of benzene rings is 2. The van der Waals surface area contributed by atoms with Crippen LogP contribution in [-0.2, 0) is 16.0 Å². The molecule has 146 valence electrons. The van der Waals surface area contributed by atoms with Crippen molar-refractivity contribution in [2.75, 3.05) is 7.11 Å². The molecular formula is C18H16ClN3O6. The smallest absolute Gasteiger partial charge is 0.323 e. The van der Waals surface area contributed by atoms with Crippen LogP contribution in [-0.4, -0.2) is 30.1 Å². The normalized spacial score (nSPS) is 10.5. The molecule has 0 saturated carbocycles. The molecule has 0 fully saturated rings. The van der Waals surface area contributed by atoms with Crippen molar-refractivity contribution >= 4 is 35.4 Å². The van der Waals surface area contributed by atoms with Crippen molar-refractivity contribution in [1.29, 1.82) is 0 Å². The molecule has 2 aromatic carbocycles. The van der Waals surface area contributed by atoms with E-state index < -0.39 is 22.5 Å². The topological polar surface area (TPSA) is 120 Å². The van der Waals surface area contributed by atoms with Crippen LogP contribution in [0.4, 0.5) is 5.69 Å². The average molecular weight is 406 g/mol. The molecule has 0 saturated heterocycles. The zero-order chi connectivity index (χ0) is 20.7. The predicted octanol–water partition coefficient (Wildman–Crippen LogP) is 2.87. The Bertz CT molecular complexity index is 928. The second kappa shape index (κ2) is 9.47. The number of nitro groups is 1. The van der Waals surface area contributed by atoms with E-state index in [2.05, 4.69) is 10.5 Å². The van der Waals surface area contributed by atoms with E-state index in [4.69, 9.17) is 21.1 Å². The summed E-state index contributed by atoms with van der Waals surface area (Å²) in [5, 5.41) is 15.7. The lowest BCUT2D eigenvalue weighted by Gasteiger charge is -2.09. The van der Waals surface area contributed by atoms with Gasteiger partial charge in [0.25, 0.3) is 0 Å². The van der Waals surface area contributed by atoms with Gasteiger partial charge >= 0.3 is 11.7 Å². The first kappa shape index (κ1) is 20.8. The summed E-state index contributed by atoms with van der Waals surface area (Å²) in [5.74, 6) is -1.38. The number of halogens is 1. The number of hydrazone groups is 1. The Morgan fingerprint density at radius 3 is 2.50 bits per heavy atom. The number of esters is 1. The van der Waals surface area contributed by atoms with Crippen LogP contribution in [0.15, 0.2) is 41.5 Å². The van der Waals surface area contributed by atoms with Crippen molar-refractivity contribution < 1.29 is 24.0 Å². The summed E-state index contributed by atoms with van der Waals surface area (Å²) in [7, 11) is 1.21. The lowest BCUT2D eigenvalue weighted by atomic mass is 10.1. The Kier molecular flexibility index (Phi) is 7.05. The molecule has 0 atom stereocenters. The highest BCUT2D eigenvalue weighted by atomic mass is 35.5. The fraction of sp³-hybridized carbons (Fsp3) is 0.167. The highest BCUT2D eigenvalue weighted by Gasteiger charge is 2.25. The molecule has 1 N–H and O–H groups in total. The van der Waals surface area contributed by atoms with Crippen molar-refractivity contribution in [2.24, 2.45) is 5.10 Å². The number of carbonyl (C=O) groups excluding carboxylic acids is 2. The number of nitrogens with zero attached hydrogens (tertiary/aromatic N) is 2. The van der Waals surface area contributed by atoms with Crippen LogP contribution in [0.1, 0.15) is 18.1 Å². The lowest BCUT2D eigenvalue weighted by Crippen LogP contribution is -2.19. The van der Waals surface area contributed by atoms with Gasteiger partial charge in [0, 0.05) is 11.9 Å². The number of hydrogen-bond donors (Lipinski definition) is 1. The number of amides is 1. The Morgan fingerprint density at radius 2 is 1.93 bits per heavy atom. The Hall–Kier alpha value is -3.46. The van der Waals surface area contributed by atoms with Gasteiger partial charge in [-0.25, -0.2) is 5.43 Å². The molecule has 2 rings (SSSR count). The Balaban J connectivity index is 2.17. The van der Waals surface area contributed by atoms with Gasteiger partial charge in [-0.05, 0) is 29.8 Å².